The Morgan fingerprint density at radius 2 is 1.86 bits per heavy atom. The van der Waals surface area contributed by atoms with Crippen LogP contribution < -0.4 is 14.9 Å². The van der Waals surface area contributed by atoms with E-state index in [4.69, 9.17) is 19.0 Å². The quantitative estimate of drug-likeness (QED) is 0.518. The number of hydrogen-bond donors (Lipinski definition) is 3. The zero-order chi connectivity index (χ0) is 21.1. The molecule has 29 heavy (non-hydrogen) atoms. The Morgan fingerprint density at radius 1 is 1.14 bits per heavy atom. The molecule has 0 aliphatic carbocycles. The van der Waals surface area contributed by atoms with Gasteiger partial charge in [0.05, 0.1) is 7.11 Å². The minimum absolute atomic E-state index is 0.000230. The molecule has 0 atom stereocenters. The van der Waals surface area contributed by atoms with Gasteiger partial charge in [0.25, 0.3) is 0 Å². The minimum atomic E-state index is -1.19. The fraction of sp³-hybridized carbons (Fsp3) is 0.143. The molecule has 1 heterocycles. The van der Waals surface area contributed by atoms with Gasteiger partial charge in [-0.1, -0.05) is 6.08 Å². The Morgan fingerprint density at radius 3 is 2.52 bits per heavy atom. The predicted octanol–water partition coefficient (Wildman–Crippen LogP) is 3.07. The molecule has 0 saturated carbocycles. The van der Waals surface area contributed by atoms with Crippen LogP contribution in [0.25, 0.3) is 22.3 Å². The summed E-state index contributed by atoms with van der Waals surface area (Å²) in [5.74, 6) is -1.14. The molecule has 150 valence electrons. The Kier molecular flexibility index (Phi) is 5.45. The second kappa shape index (κ2) is 7.97. The third kappa shape index (κ3) is 4.01. The fourth-order valence-corrected chi connectivity index (χ4v) is 2.93. The highest BCUT2D eigenvalue weighted by molar-refractivity contribution is 5.86. The number of ether oxygens (including phenoxy) is 2. The molecule has 0 amide bonds. The normalized spacial score (nSPS) is 10.7. The molecule has 3 N–H and O–H groups in total. The first kappa shape index (κ1) is 19.8. The van der Waals surface area contributed by atoms with Gasteiger partial charge < -0.3 is 29.2 Å². The monoisotopic (exact) mass is 398 g/mol. The molecule has 2 aromatic carbocycles. The summed E-state index contributed by atoms with van der Waals surface area (Å²) in [7, 11) is 1.44. The largest absolute Gasteiger partial charge is 0.507 e. The number of phenolic OH excluding ortho intramolecular Hbond substituents is 2. The van der Waals surface area contributed by atoms with Gasteiger partial charge in [-0.05, 0) is 12.5 Å². The van der Waals surface area contributed by atoms with Crippen molar-refractivity contribution in [2.24, 2.45) is 0 Å². The van der Waals surface area contributed by atoms with Crippen molar-refractivity contribution in [3.8, 4) is 34.3 Å². The zero-order valence-corrected chi connectivity index (χ0v) is 15.5. The van der Waals surface area contributed by atoms with Crippen molar-refractivity contribution in [3.05, 3.63) is 58.8 Å². The Bertz CT molecular complexity index is 1160. The topological polar surface area (TPSA) is 126 Å². The zero-order valence-electron chi connectivity index (χ0n) is 15.5. The molecule has 0 radical (unpaired) electrons. The van der Waals surface area contributed by atoms with Crippen LogP contribution in [-0.2, 0) is 11.2 Å². The minimum Gasteiger partial charge on any atom is -0.507 e. The Labute approximate surface area is 164 Å². The van der Waals surface area contributed by atoms with Gasteiger partial charge >= 0.3 is 5.97 Å². The molecule has 1 aromatic heterocycles. The summed E-state index contributed by atoms with van der Waals surface area (Å²) >= 11 is 0. The average molecular weight is 398 g/mol. The fourth-order valence-electron chi connectivity index (χ4n) is 2.93. The van der Waals surface area contributed by atoms with Crippen LogP contribution >= 0.6 is 0 Å². The first-order valence-corrected chi connectivity index (χ1v) is 8.50. The lowest BCUT2D eigenvalue weighted by Gasteiger charge is -2.13. The number of fused-ring (bicyclic) bond motifs is 1. The number of allylic oxidation sites excluding steroid dienone is 1. The maximum atomic E-state index is 12.6. The van der Waals surface area contributed by atoms with Gasteiger partial charge in [0, 0.05) is 35.4 Å². The molecule has 0 saturated heterocycles. The van der Waals surface area contributed by atoms with Gasteiger partial charge in [0.15, 0.2) is 12.0 Å². The van der Waals surface area contributed by atoms with E-state index in [0.29, 0.717) is 23.3 Å². The van der Waals surface area contributed by atoms with Gasteiger partial charge in [-0.3, -0.25) is 4.79 Å². The van der Waals surface area contributed by atoms with E-state index in [9.17, 15) is 19.8 Å². The summed E-state index contributed by atoms with van der Waals surface area (Å²) in [5.41, 5.74) is 0.373. The van der Waals surface area contributed by atoms with Gasteiger partial charge in [-0.25, -0.2) is 4.79 Å². The van der Waals surface area contributed by atoms with E-state index >= 15 is 0 Å². The Balaban J connectivity index is 2.23. The van der Waals surface area contributed by atoms with Crippen LogP contribution in [0.2, 0.25) is 0 Å². The van der Waals surface area contributed by atoms with E-state index in [-0.39, 0.29) is 28.2 Å². The number of hydrogen-bond acceptors (Lipinski definition) is 7. The average Bonchev–Trinajstić information content (AvgIpc) is 2.67. The number of rotatable bonds is 7. The van der Waals surface area contributed by atoms with Crippen LogP contribution in [0.3, 0.4) is 0 Å². The molecule has 0 bridgehead atoms. The number of benzene rings is 2. The maximum absolute atomic E-state index is 12.6. The molecule has 0 unspecified atom stereocenters. The molecule has 0 aliphatic heterocycles. The summed E-state index contributed by atoms with van der Waals surface area (Å²) in [4.78, 5) is 23.3. The van der Waals surface area contributed by atoms with Gasteiger partial charge in [-0.15, -0.1) is 6.58 Å². The van der Waals surface area contributed by atoms with E-state index in [1.165, 1.54) is 25.3 Å². The lowest BCUT2D eigenvalue weighted by atomic mass is 10.00. The number of methoxy groups -OCH3 is 1. The van der Waals surface area contributed by atoms with E-state index in [1.54, 1.807) is 12.1 Å². The van der Waals surface area contributed by atoms with Crippen molar-refractivity contribution >= 4 is 16.9 Å². The number of phenols is 2. The van der Waals surface area contributed by atoms with Crippen molar-refractivity contribution in [1.29, 1.82) is 0 Å². The molecule has 0 aliphatic rings. The SMILES string of the molecule is C=CCc1c(O)cc(OC)cc1-c1cc(=O)c2c(O)cc(OCC(=O)O)cc2o1. The van der Waals surface area contributed by atoms with Crippen LogP contribution in [0.4, 0.5) is 0 Å². The highest BCUT2D eigenvalue weighted by Gasteiger charge is 2.18. The van der Waals surface area contributed by atoms with Crippen molar-refractivity contribution < 1.29 is 34.0 Å². The van der Waals surface area contributed by atoms with E-state index in [0.717, 1.165) is 6.07 Å². The highest BCUT2D eigenvalue weighted by atomic mass is 16.5. The molecule has 3 aromatic rings. The van der Waals surface area contributed by atoms with Crippen molar-refractivity contribution in [2.75, 3.05) is 13.7 Å². The lowest BCUT2D eigenvalue weighted by molar-refractivity contribution is -0.139. The van der Waals surface area contributed by atoms with Gasteiger partial charge in [0.1, 0.15) is 39.7 Å². The van der Waals surface area contributed by atoms with E-state index < -0.39 is 23.8 Å². The second-order valence-corrected chi connectivity index (χ2v) is 6.14. The molecule has 0 fully saturated rings. The number of carboxylic acid groups (broad SMARTS) is 1. The summed E-state index contributed by atoms with van der Waals surface area (Å²) in [5, 5.41) is 29.2. The number of aliphatic carboxylic acids is 1. The van der Waals surface area contributed by atoms with E-state index in [2.05, 4.69) is 6.58 Å². The molecule has 0 spiro atoms. The molecular weight excluding hydrogens is 380 g/mol. The first-order chi connectivity index (χ1) is 13.8. The third-order valence-electron chi connectivity index (χ3n) is 4.20. The number of aromatic hydroxyl groups is 2. The van der Waals surface area contributed by atoms with Crippen molar-refractivity contribution in [1.82, 2.24) is 0 Å². The highest BCUT2D eigenvalue weighted by Crippen LogP contribution is 2.37. The van der Waals surface area contributed by atoms with Crippen molar-refractivity contribution in [2.45, 2.75) is 6.42 Å². The number of carbonyl (C=O) groups is 1. The van der Waals surface area contributed by atoms with Gasteiger partial charge in [-0.2, -0.15) is 0 Å². The lowest BCUT2D eigenvalue weighted by Crippen LogP contribution is -2.09. The van der Waals surface area contributed by atoms with Crippen molar-refractivity contribution in [3.63, 3.8) is 0 Å². The molecule has 8 nitrogen and oxygen atoms in total. The second-order valence-electron chi connectivity index (χ2n) is 6.14. The summed E-state index contributed by atoms with van der Waals surface area (Å²) in [6.07, 6.45) is 1.90. The summed E-state index contributed by atoms with van der Waals surface area (Å²) in [6, 6.07) is 6.69. The smallest absolute Gasteiger partial charge is 0.341 e. The standard InChI is InChI=1S/C21H18O8/c1-3-4-13-14(5-11(27-2)6-15(13)22)18-9-17(24)21-16(23)7-12(8-19(21)29-18)28-10-20(25)26/h3,5-9,22-23H,1,4,10H2,2H3,(H,25,26). The molecular formula is C21H18O8. The first-order valence-electron chi connectivity index (χ1n) is 8.50. The van der Waals surface area contributed by atoms with Crippen LogP contribution in [0.1, 0.15) is 5.56 Å². The third-order valence-corrected chi connectivity index (χ3v) is 4.20. The van der Waals surface area contributed by atoms with Crippen LogP contribution in [0.5, 0.6) is 23.0 Å². The Hall–Kier alpha value is -3.94. The number of carboxylic acids is 1. The summed E-state index contributed by atoms with van der Waals surface area (Å²) < 4.78 is 16.1. The van der Waals surface area contributed by atoms with Crippen LogP contribution in [-0.4, -0.2) is 35.0 Å². The molecule has 3 rings (SSSR count). The van der Waals surface area contributed by atoms with Crippen LogP contribution in [0.15, 0.2) is 52.2 Å². The van der Waals surface area contributed by atoms with E-state index in [1.807, 2.05) is 0 Å². The summed E-state index contributed by atoms with van der Waals surface area (Å²) in [6.45, 7) is 3.04. The van der Waals surface area contributed by atoms with Gasteiger partial charge in [0.2, 0.25) is 0 Å². The molecule has 8 heteroatoms. The predicted molar refractivity (Wildman–Crippen MR) is 105 cm³/mol. The van der Waals surface area contributed by atoms with Crippen LogP contribution in [0, 0.1) is 0 Å². The maximum Gasteiger partial charge on any atom is 0.341 e.